The standard InChI is InChI=1S/C13H9ClN4O2S2/c1-20-10-3-2-7(14)4-9(10)18-6-8(16-17-18)5-11-12(19)15-13(21)22-11/h2-6H,1H3,(H,15,19,21)/b11-5-. The van der Waals surface area contributed by atoms with E-state index in [1.54, 1.807) is 37.6 Å². The highest BCUT2D eigenvalue weighted by atomic mass is 35.5. The van der Waals surface area contributed by atoms with Crippen LogP contribution in [0.5, 0.6) is 5.75 Å². The van der Waals surface area contributed by atoms with Crippen LogP contribution in [0.3, 0.4) is 0 Å². The number of ether oxygens (including phenoxy) is 1. The van der Waals surface area contributed by atoms with Crippen molar-refractivity contribution in [2.45, 2.75) is 0 Å². The summed E-state index contributed by atoms with van der Waals surface area (Å²) in [6.07, 6.45) is 3.30. The first kappa shape index (κ1) is 15.0. The predicted molar refractivity (Wildman–Crippen MR) is 89.2 cm³/mol. The fraction of sp³-hybridized carbons (Fsp3) is 0.0769. The molecule has 0 radical (unpaired) electrons. The van der Waals surface area contributed by atoms with Crippen LogP contribution in [0.1, 0.15) is 5.69 Å². The number of nitrogens with zero attached hydrogens (tertiary/aromatic N) is 3. The molecule has 112 valence electrons. The van der Waals surface area contributed by atoms with Crippen LogP contribution in [0.4, 0.5) is 0 Å². The highest BCUT2D eigenvalue weighted by Crippen LogP contribution is 2.27. The van der Waals surface area contributed by atoms with E-state index in [4.69, 9.17) is 28.6 Å². The zero-order valence-electron chi connectivity index (χ0n) is 11.2. The smallest absolute Gasteiger partial charge is 0.263 e. The lowest BCUT2D eigenvalue weighted by atomic mass is 10.3. The Balaban J connectivity index is 1.95. The van der Waals surface area contributed by atoms with Crippen LogP contribution in [0.25, 0.3) is 11.8 Å². The minimum absolute atomic E-state index is 0.232. The van der Waals surface area contributed by atoms with E-state index in [0.717, 1.165) is 0 Å². The molecule has 1 aliphatic heterocycles. The quantitative estimate of drug-likeness (QED) is 0.676. The number of hydrogen-bond acceptors (Lipinski definition) is 6. The van der Waals surface area contributed by atoms with E-state index in [1.807, 2.05) is 0 Å². The van der Waals surface area contributed by atoms with E-state index in [2.05, 4.69) is 15.6 Å². The van der Waals surface area contributed by atoms with Crippen molar-refractivity contribution in [1.29, 1.82) is 0 Å². The summed E-state index contributed by atoms with van der Waals surface area (Å²) in [6, 6.07) is 5.19. The van der Waals surface area contributed by atoms with E-state index in [0.29, 0.717) is 31.4 Å². The molecule has 1 fully saturated rings. The number of amides is 1. The van der Waals surface area contributed by atoms with Gasteiger partial charge in [0.2, 0.25) is 0 Å². The van der Waals surface area contributed by atoms with Gasteiger partial charge in [-0.15, -0.1) is 5.10 Å². The molecular weight excluding hydrogens is 344 g/mol. The molecule has 0 atom stereocenters. The van der Waals surface area contributed by atoms with Crippen molar-refractivity contribution in [3.63, 3.8) is 0 Å². The van der Waals surface area contributed by atoms with Crippen molar-refractivity contribution in [3.05, 3.63) is 40.0 Å². The SMILES string of the molecule is COc1ccc(Cl)cc1-n1cc(/C=C2\SC(=S)NC2=O)nn1. The molecular formula is C13H9ClN4O2S2. The number of rotatable bonds is 3. The van der Waals surface area contributed by atoms with E-state index in [-0.39, 0.29) is 5.91 Å². The molecule has 1 aliphatic rings. The Morgan fingerprint density at radius 1 is 1.50 bits per heavy atom. The molecule has 0 aliphatic carbocycles. The van der Waals surface area contributed by atoms with Crippen LogP contribution in [0.15, 0.2) is 29.3 Å². The minimum atomic E-state index is -0.232. The van der Waals surface area contributed by atoms with Gasteiger partial charge in [0.25, 0.3) is 5.91 Å². The van der Waals surface area contributed by atoms with E-state index >= 15 is 0 Å². The normalized spacial score (nSPS) is 16.2. The Bertz CT molecular complexity index is 803. The minimum Gasteiger partial charge on any atom is -0.494 e. The molecule has 1 saturated heterocycles. The van der Waals surface area contributed by atoms with Crippen LogP contribution in [-0.2, 0) is 4.79 Å². The predicted octanol–water partition coefficient (Wildman–Crippen LogP) is 2.42. The number of halogens is 1. The van der Waals surface area contributed by atoms with E-state index < -0.39 is 0 Å². The summed E-state index contributed by atoms with van der Waals surface area (Å²) < 4.78 is 7.25. The third kappa shape index (κ3) is 2.99. The number of benzene rings is 1. The number of hydrogen-bond donors (Lipinski definition) is 1. The van der Waals surface area contributed by atoms with Gasteiger partial charge in [0, 0.05) is 5.02 Å². The maximum atomic E-state index is 11.6. The van der Waals surface area contributed by atoms with Gasteiger partial charge in [-0.1, -0.05) is 40.8 Å². The van der Waals surface area contributed by atoms with Crippen LogP contribution < -0.4 is 10.1 Å². The first-order valence-electron chi connectivity index (χ1n) is 6.08. The monoisotopic (exact) mass is 352 g/mol. The number of carbonyl (C=O) groups excluding carboxylic acids is 1. The lowest BCUT2D eigenvalue weighted by Gasteiger charge is -2.07. The number of methoxy groups -OCH3 is 1. The van der Waals surface area contributed by atoms with Crippen LogP contribution in [0, 0.1) is 0 Å². The molecule has 0 saturated carbocycles. The number of carbonyl (C=O) groups is 1. The summed E-state index contributed by atoms with van der Waals surface area (Å²) in [5, 5.41) is 11.2. The Morgan fingerprint density at radius 3 is 3.00 bits per heavy atom. The molecule has 1 aromatic heterocycles. The molecule has 0 spiro atoms. The second-order valence-corrected chi connectivity index (χ2v) is 6.41. The van der Waals surface area contributed by atoms with E-state index in [9.17, 15) is 4.79 Å². The number of thioether (sulfide) groups is 1. The molecule has 0 bridgehead atoms. The molecule has 6 nitrogen and oxygen atoms in total. The number of aromatic nitrogens is 3. The van der Waals surface area contributed by atoms with E-state index in [1.165, 1.54) is 16.4 Å². The molecule has 2 aromatic rings. The fourth-order valence-corrected chi connectivity index (χ4v) is 3.05. The van der Waals surface area contributed by atoms with Crippen molar-refractivity contribution in [1.82, 2.24) is 20.3 Å². The Morgan fingerprint density at radius 2 is 2.32 bits per heavy atom. The van der Waals surface area contributed by atoms with Crippen LogP contribution in [-0.4, -0.2) is 32.3 Å². The van der Waals surface area contributed by atoms with Crippen molar-refractivity contribution in [2.75, 3.05) is 7.11 Å². The van der Waals surface area contributed by atoms with Gasteiger partial charge in [-0.25, -0.2) is 4.68 Å². The van der Waals surface area contributed by atoms with Gasteiger partial charge in [0.15, 0.2) is 0 Å². The van der Waals surface area contributed by atoms with Gasteiger partial charge in [0.1, 0.15) is 21.5 Å². The number of thiocarbonyl (C=S) groups is 1. The Hall–Kier alpha value is -1.90. The highest BCUT2D eigenvalue weighted by Gasteiger charge is 2.22. The molecule has 3 rings (SSSR count). The zero-order chi connectivity index (χ0) is 15.7. The van der Waals surface area contributed by atoms with Gasteiger partial charge >= 0.3 is 0 Å². The zero-order valence-corrected chi connectivity index (χ0v) is 13.6. The largest absolute Gasteiger partial charge is 0.494 e. The summed E-state index contributed by atoms with van der Waals surface area (Å²) in [5.41, 5.74) is 1.19. The fourth-order valence-electron chi connectivity index (χ4n) is 1.86. The van der Waals surface area contributed by atoms with Gasteiger partial charge in [0.05, 0.1) is 18.2 Å². The van der Waals surface area contributed by atoms with Gasteiger partial charge < -0.3 is 10.1 Å². The lowest BCUT2D eigenvalue weighted by molar-refractivity contribution is -0.115. The molecule has 22 heavy (non-hydrogen) atoms. The molecule has 9 heteroatoms. The summed E-state index contributed by atoms with van der Waals surface area (Å²) in [6.45, 7) is 0. The summed E-state index contributed by atoms with van der Waals surface area (Å²) in [5.74, 6) is 0.382. The van der Waals surface area contributed by atoms with Crippen molar-refractivity contribution >= 4 is 51.9 Å². The Labute approximate surface area is 140 Å². The average Bonchev–Trinajstić information content (AvgIpc) is 3.06. The van der Waals surface area contributed by atoms with Gasteiger partial charge in [-0.3, -0.25) is 4.79 Å². The second-order valence-electron chi connectivity index (χ2n) is 4.26. The van der Waals surface area contributed by atoms with Crippen molar-refractivity contribution < 1.29 is 9.53 Å². The summed E-state index contributed by atoms with van der Waals surface area (Å²) >= 11 is 12.1. The third-order valence-corrected chi connectivity index (χ3v) is 4.22. The first-order chi connectivity index (χ1) is 10.6. The van der Waals surface area contributed by atoms with Crippen LogP contribution >= 0.6 is 35.6 Å². The number of nitrogens with one attached hydrogen (secondary N) is 1. The summed E-state index contributed by atoms with van der Waals surface area (Å²) in [4.78, 5) is 12.1. The molecule has 0 unspecified atom stereocenters. The average molecular weight is 353 g/mol. The third-order valence-electron chi connectivity index (χ3n) is 2.82. The van der Waals surface area contributed by atoms with Crippen molar-refractivity contribution in [2.24, 2.45) is 0 Å². The topological polar surface area (TPSA) is 69.0 Å². The van der Waals surface area contributed by atoms with Gasteiger partial charge in [-0.2, -0.15) is 0 Å². The highest BCUT2D eigenvalue weighted by molar-refractivity contribution is 8.26. The maximum Gasteiger partial charge on any atom is 0.263 e. The molecule has 1 amide bonds. The van der Waals surface area contributed by atoms with Crippen LogP contribution in [0.2, 0.25) is 5.02 Å². The molecule has 1 N–H and O–H groups in total. The molecule has 2 heterocycles. The second kappa shape index (κ2) is 6.07. The molecule has 1 aromatic carbocycles. The maximum absolute atomic E-state index is 11.6. The summed E-state index contributed by atoms with van der Waals surface area (Å²) in [7, 11) is 1.56. The van der Waals surface area contributed by atoms with Gasteiger partial charge in [-0.05, 0) is 24.3 Å². The van der Waals surface area contributed by atoms with Crippen molar-refractivity contribution in [3.8, 4) is 11.4 Å². The lowest BCUT2D eigenvalue weighted by Crippen LogP contribution is -2.17. The Kier molecular flexibility index (Phi) is 4.14. The first-order valence-corrected chi connectivity index (χ1v) is 7.68.